The molecule has 3 heteroatoms. The molecule has 0 unspecified atom stereocenters. The van der Waals surface area contributed by atoms with Gasteiger partial charge in [-0.2, -0.15) is 0 Å². The van der Waals surface area contributed by atoms with Crippen LogP contribution in [0.5, 0.6) is 11.5 Å². The number of hydrogen-bond acceptors (Lipinski definition) is 3. The molecular weight excluding hydrogens is 216 g/mol. The predicted molar refractivity (Wildman–Crippen MR) is 66.6 cm³/mol. The SMILES string of the molecule is COc1cccc(OC(C)C)c1CC1(O)CC1. The first-order valence-corrected chi connectivity index (χ1v) is 6.09. The van der Waals surface area contributed by atoms with E-state index in [1.54, 1.807) is 7.11 Å². The Labute approximate surface area is 102 Å². The second-order valence-corrected chi connectivity index (χ2v) is 5.00. The smallest absolute Gasteiger partial charge is 0.126 e. The molecule has 1 N–H and O–H groups in total. The summed E-state index contributed by atoms with van der Waals surface area (Å²) in [5.41, 5.74) is 0.438. The molecular formula is C14H20O3. The number of hydrogen-bond donors (Lipinski definition) is 1. The summed E-state index contributed by atoms with van der Waals surface area (Å²) in [6.45, 7) is 3.99. The van der Waals surface area contributed by atoms with Crippen LogP contribution in [0.4, 0.5) is 0 Å². The Morgan fingerprint density at radius 2 is 1.94 bits per heavy atom. The van der Waals surface area contributed by atoms with Gasteiger partial charge in [0, 0.05) is 12.0 Å². The topological polar surface area (TPSA) is 38.7 Å². The first-order chi connectivity index (χ1) is 8.04. The summed E-state index contributed by atoms with van der Waals surface area (Å²) in [4.78, 5) is 0. The summed E-state index contributed by atoms with van der Waals surface area (Å²) in [5.74, 6) is 1.61. The first kappa shape index (κ1) is 12.2. The molecule has 0 bridgehead atoms. The van der Waals surface area contributed by atoms with Gasteiger partial charge in [0.05, 0.1) is 18.8 Å². The lowest BCUT2D eigenvalue weighted by molar-refractivity contribution is 0.147. The maximum Gasteiger partial charge on any atom is 0.126 e. The van der Waals surface area contributed by atoms with Crippen molar-refractivity contribution in [3.8, 4) is 11.5 Å². The molecule has 0 aliphatic heterocycles. The zero-order chi connectivity index (χ0) is 12.5. The summed E-state index contributed by atoms with van der Waals surface area (Å²) in [6, 6.07) is 5.76. The molecule has 1 saturated carbocycles. The lowest BCUT2D eigenvalue weighted by Crippen LogP contribution is -2.15. The van der Waals surface area contributed by atoms with Crippen molar-refractivity contribution in [1.29, 1.82) is 0 Å². The van der Waals surface area contributed by atoms with E-state index in [1.807, 2.05) is 32.0 Å². The molecule has 1 aliphatic rings. The largest absolute Gasteiger partial charge is 0.496 e. The van der Waals surface area contributed by atoms with Crippen LogP contribution in [0.3, 0.4) is 0 Å². The summed E-state index contributed by atoms with van der Waals surface area (Å²) < 4.78 is 11.1. The van der Waals surface area contributed by atoms with Crippen LogP contribution >= 0.6 is 0 Å². The van der Waals surface area contributed by atoms with Gasteiger partial charge in [0.25, 0.3) is 0 Å². The van der Waals surface area contributed by atoms with Crippen molar-refractivity contribution in [1.82, 2.24) is 0 Å². The van der Waals surface area contributed by atoms with Crippen molar-refractivity contribution < 1.29 is 14.6 Å². The monoisotopic (exact) mass is 236 g/mol. The molecule has 0 saturated heterocycles. The Balaban J connectivity index is 2.29. The molecule has 2 rings (SSSR count). The van der Waals surface area contributed by atoms with E-state index in [4.69, 9.17) is 9.47 Å². The zero-order valence-corrected chi connectivity index (χ0v) is 10.7. The van der Waals surface area contributed by atoms with Crippen molar-refractivity contribution >= 4 is 0 Å². The third kappa shape index (κ3) is 2.91. The molecule has 1 aromatic carbocycles. The summed E-state index contributed by atoms with van der Waals surface area (Å²) in [7, 11) is 1.65. The first-order valence-electron chi connectivity index (χ1n) is 6.09. The normalized spacial score (nSPS) is 17.0. The summed E-state index contributed by atoms with van der Waals surface area (Å²) >= 11 is 0. The maximum absolute atomic E-state index is 10.0. The van der Waals surface area contributed by atoms with E-state index in [1.165, 1.54) is 0 Å². The predicted octanol–water partition coefficient (Wildman–Crippen LogP) is 2.55. The Morgan fingerprint density at radius 3 is 2.47 bits per heavy atom. The maximum atomic E-state index is 10.0. The van der Waals surface area contributed by atoms with Gasteiger partial charge >= 0.3 is 0 Å². The Bertz CT molecular complexity index is 394. The number of methoxy groups -OCH3 is 1. The Hall–Kier alpha value is -1.22. The van der Waals surface area contributed by atoms with E-state index in [2.05, 4.69) is 0 Å². The molecule has 17 heavy (non-hydrogen) atoms. The van der Waals surface area contributed by atoms with Gasteiger partial charge < -0.3 is 14.6 Å². The lowest BCUT2D eigenvalue weighted by atomic mass is 10.0. The molecule has 1 fully saturated rings. The fourth-order valence-electron chi connectivity index (χ4n) is 1.93. The van der Waals surface area contributed by atoms with Gasteiger partial charge in [-0.05, 0) is 38.8 Å². The molecule has 0 spiro atoms. The van der Waals surface area contributed by atoms with E-state index < -0.39 is 5.60 Å². The van der Waals surface area contributed by atoms with Gasteiger partial charge in [0.2, 0.25) is 0 Å². The second-order valence-electron chi connectivity index (χ2n) is 5.00. The molecule has 0 atom stereocenters. The highest BCUT2D eigenvalue weighted by atomic mass is 16.5. The van der Waals surface area contributed by atoms with Crippen molar-refractivity contribution in [3.63, 3.8) is 0 Å². The average molecular weight is 236 g/mol. The van der Waals surface area contributed by atoms with Gasteiger partial charge in [-0.25, -0.2) is 0 Å². The number of aliphatic hydroxyl groups is 1. The zero-order valence-electron chi connectivity index (χ0n) is 10.7. The van der Waals surface area contributed by atoms with Crippen LogP contribution in [0.15, 0.2) is 18.2 Å². The van der Waals surface area contributed by atoms with Crippen molar-refractivity contribution in [3.05, 3.63) is 23.8 Å². The van der Waals surface area contributed by atoms with Crippen LogP contribution in [-0.4, -0.2) is 23.9 Å². The highest BCUT2D eigenvalue weighted by Crippen LogP contribution is 2.42. The van der Waals surface area contributed by atoms with E-state index in [-0.39, 0.29) is 6.10 Å². The molecule has 1 aliphatic carbocycles. The van der Waals surface area contributed by atoms with Gasteiger partial charge in [0.1, 0.15) is 11.5 Å². The van der Waals surface area contributed by atoms with E-state index in [0.717, 1.165) is 29.9 Å². The highest BCUT2D eigenvalue weighted by Gasteiger charge is 2.41. The van der Waals surface area contributed by atoms with Crippen molar-refractivity contribution in [2.24, 2.45) is 0 Å². The van der Waals surface area contributed by atoms with Crippen LogP contribution in [0.1, 0.15) is 32.3 Å². The van der Waals surface area contributed by atoms with Crippen LogP contribution in [0.25, 0.3) is 0 Å². The standard InChI is InChI=1S/C14H20O3/c1-10(2)17-13-6-4-5-12(16-3)11(13)9-14(15)7-8-14/h4-6,10,15H,7-9H2,1-3H3. The van der Waals surface area contributed by atoms with Crippen LogP contribution in [-0.2, 0) is 6.42 Å². The van der Waals surface area contributed by atoms with Gasteiger partial charge in [0.15, 0.2) is 0 Å². The van der Waals surface area contributed by atoms with E-state index >= 15 is 0 Å². The van der Waals surface area contributed by atoms with Gasteiger partial charge in [-0.15, -0.1) is 0 Å². The average Bonchev–Trinajstić information content (AvgIpc) is 2.98. The van der Waals surface area contributed by atoms with Crippen molar-refractivity contribution in [2.75, 3.05) is 7.11 Å². The van der Waals surface area contributed by atoms with Crippen LogP contribution in [0, 0.1) is 0 Å². The van der Waals surface area contributed by atoms with Crippen LogP contribution in [0.2, 0.25) is 0 Å². The number of rotatable bonds is 5. The minimum atomic E-state index is -0.538. The molecule has 1 aromatic rings. The van der Waals surface area contributed by atoms with Crippen molar-refractivity contribution in [2.45, 2.75) is 44.8 Å². The number of benzene rings is 1. The van der Waals surface area contributed by atoms with Gasteiger partial charge in [-0.3, -0.25) is 0 Å². The molecule has 3 nitrogen and oxygen atoms in total. The second kappa shape index (κ2) is 4.57. The number of ether oxygens (including phenoxy) is 2. The molecule has 0 radical (unpaired) electrons. The summed E-state index contributed by atoms with van der Waals surface area (Å²) in [6.07, 6.45) is 2.46. The fourth-order valence-corrected chi connectivity index (χ4v) is 1.93. The minimum absolute atomic E-state index is 0.120. The molecule has 94 valence electrons. The highest BCUT2D eigenvalue weighted by molar-refractivity contribution is 5.46. The molecule has 0 amide bonds. The lowest BCUT2D eigenvalue weighted by Gasteiger charge is -2.18. The van der Waals surface area contributed by atoms with Crippen LogP contribution < -0.4 is 9.47 Å². The Kier molecular flexibility index (Phi) is 3.29. The summed E-state index contributed by atoms with van der Waals surface area (Å²) in [5, 5.41) is 10.0. The quantitative estimate of drug-likeness (QED) is 0.854. The van der Waals surface area contributed by atoms with E-state index in [0.29, 0.717) is 6.42 Å². The van der Waals surface area contributed by atoms with E-state index in [9.17, 15) is 5.11 Å². The van der Waals surface area contributed by atoms with Gasteiger partial charge in [-0.1, -0.05) is 6.07 Å². The fraction of sp³-hybridized carbons (Fsp3) is 0.571. The molecule has 0 heterocycles. The Morgan fingerprint density at radius 1 is 1.29 bits per heavy atom. The minimum Gasteiger partial charge on any atom is -0.496 e. The third-order valence-corrected chi connectivity index (χ3v) is 3.01. The third-order valence-electron chi connectivity index (χ3n) is 3.01. The molecule has 0 aromatic heterocycles.